The van der Waals surface area contributed by atoms with Crippen LogP contribution in [0.2, 0.25) is 0 Å². The van der Waals surface area contributed by atoms with Gasteiger partial charge in [0.05, 0.1) is 0 Å². The summed E-state index contributed by atoms with van der Waals surface area (Å²) in [6.45, 7) is 9.31. The third-order valence-corrected chi connectivity index (χ3v) is 3.63. The van der Waals surface area contributed by atoms with E-state index in [-0.39, 0.29) is 0 Å². The minimum atomic E-state index is 0.780. The average Bonchev–Trinajstić information content (AvgIpc) is 2.81. The molecule has 1 rings (SSSR count). The SMILES string of the molecule is CCC(CC)C(C)C=CC1CC1C. The molecule has 1 saturated carbocycles. The van der Waals surface area contributed by atoms with Crippen LogP contribution >= 0.6 is 0 Å². The molecule has 0 saturated heterocycles. The van der Waals surface area contributed by atoms with Crippen molar-refractivity contribution in [3.8, 4) is 0 Å². The van der Waals surface area contributed by atoms with Crippen LogP contribution in [0.15, 0.2) is 12.2 Å². The first-order valence-electron chi connectivity index (χ1n) is 5.87. The molecule has 0 aromatic heterocycles. The highest BCUT2D eigenvalue weighted by molar-refractivity contribution is 5.02. The lowest BCUT2D eigenvalue weighted by Gasteiger charge is -2.17. The van der Waals surface area contributed by atoms with Gasteiger partial charge in [-0.1, -0.05) is 52.7 Å². The van der Waals surface area contributed by atoms with E-state index < -0.39 is 0 Å². The molecule has 0 heteroatoms. The highest BCUT2D eigenvalue weighted by Crippen LogP contribution is 2.39. The largest absolute Gasteiger partial charge is 0.0851 e. The van der Waals surface area contributed by atoms with Crippen molar-refractivity contribution in [3.05, 3.63) is 12.2 Å². The van der Waals surface area contributed by atoms with E-state index in [1.165, 1.54) is 19.3 Å². The van der Waals surface area contributed by atoms with Gasteiger partial charge in [-0.15, -0.1) is 0 Å². The van der Waals surface area contributed by atoms with Gasteiger partial charge in [-0.3, -0.25) is 0 Å². The van der Waals surface area contributed by atoms with Crippen LogP contribution in [0, 0.1) is 23.7 Å². The van der Waals surface area contributed by atoms with E-state index in [4.69, 9.17) is 0 Å². The molecule has 0 spiro atoms. The summed E-state index contributed by atoms with van der Waals surface area (Å²) in [6.07, 6.45) is 8.97. The molecule has 0 heterocycles. The molecule has 0 aromatic carbocycles. The van der Waals surface area contributed by atoms with Crippen molar-refractivity contribution in [1.82, 2.24) is 0 Å². The van der Waals surface area contributed by atoms with E-state index in [9.17, 15) is 0 Å². The molecule has 3 atom stereocenters. The number of hydrogen-bond acceptors (Lipinski definition) is 0. The van der Waals surface area contributed by atoms with E-state index in [0.29, 0.717) is 0 Å². The van der Waals surface area contributed by atoms with Crippen molar-refractivity contribution in [2.45, 2.75) is 47.0 Å². The molecule has 0 nitrogen and oxygen atoms in total. The first kappa shape index (κ1) is 10.8. The Morgan fingerprint density at radius 3 is 2.23 bits per heavy atom. The van der Waals surface area contributed by atoms with Crippen molar-refractivity contribution < 1.29 is 0 Å². The van der Waals surface area contributed by atoms with Gasteiger partial charge >= 0.3 is 0 Å². The van der Waals surface area contributed by atoms with Crippen LogP contribution in [0.4, 0.5) is 0 Å². The smallest absolute Gasteiger partial charge is 0.0205 e. The molecule has 1 fully saturated rings. The Morgan fingerprint density at radius 1 is 1.31 bits per heavy atom. The van der Waals surface area contributed by atoms with Gasteiger partial charge in [0.15, 0.2) is 0 Å². The Kier molecular flexibility index (Phi) is 4.02. The molecule has 0 N–H and O–H groups in total. The normalized spacial score (nSPS) is 29.9. The predicted octanol–water partition coefficient (Wildman–Crippen LogP) is 4.27. The van der Waals surface area contributed by atoms with Crippen LogP contribution < -0.4 is 0 Å². The van der Waals surface area contributed by atoms with Gasteiger partial charge in [-0.25, -0.2) is 0 Å². The quantitative estimate of drug-likeness (QED) is 0.554. The number of hydrogen-bond donors (Lipinski definition) is 0. The van der Waals surface area contributed by atoms with Crippen LogP contribution in [0.5, 0.6) is 0 Å². The second-order valence-corrected chi connectivity index (χ2v) is 4.70. The molecular weight excluding hydrogens is 156 g/mol. The zero-order chi connectivity index (χ0) is 9.84. The summed E-state index contributed by atoms with van der Waals surface area (Å²) in [5, 5.41) is 0. The minimum absolute atomic E-state index is 0.780. The highest BCUT2D eigenvalue weighted by atomic mass is 14.3. The maximum atomic E-state index is 2.45. The van der Waals surface area contributed by atoms with Gasteiger partial charge in [-0.2, -0.15) is 0 Å². The third-order valence-electron chi connectivity index (χ3n) is 3.63. The van der Waals surface area contributed by atoms with Gasteiger partial charge in [0, 0.05) is 0 Å². The van der Waals surface area contributed by atoms with Gasteiger partial charge in [0.25, 0.3) is 0 Å². The van der Waals surface area contributed by atoms with Gasteiger partial charge in [0.1, 0.15) is 0 Å². The molecule has 0 amide bonds. The summed E-state index contributed by atoms with van der Waals surface area (Å²) in [6, 6.07) is 0. The zero-order valence-corrected chi connectivity index (χ0v) is 9.59. The molecule has 1 aliphatic carbocycles. The third kappa shape index (κ3) is 3.17. The molecule has 0 aliphatic heterocycles. The Morgan fingerprint density at radius 2 is 1.85 bits per heavy atom. The lowest BCUT2D eigenvalue weighted by molar-refractivity contribution is 0.394. The number of rotatable bonds is 5. The predicted molar refractivity (Wildman–Crippen MR) is 59.6 cm³/mol. The fraction of sp³-hybridized carbons (Fsp3) is 0.846. The highest BCUT2D eigenvalue weighted by Gasteiger charge is 2.29. The van der Waals surface area contributed by atoms with Gasteiger partial charge in [0.2, 0.25) is 0 Å². The van der Waals surface area contributed by atoms with Gasteiger partial charge < -0.3 is 0 Å². The molecule has 1 aliphatic rings. The summed E-state index contributed by atoms with van der Waals surface area (Å²) in [5.74, 6) is 3.55. The standard InChI is InChI=1S/C13H24/c1-5-12(6-2)10(3)7-8-13-9-11(13)4/h7-8,10-13H,5-6,9H2,1-4H3. The monoisotopic (exact) mass is 180 g/mol. The van der Waals surface area contributed by atoms with E-state index in [1.807, 2.05) is 0 Å². The van der Waals surface area contributed by atoms with Crippen LogP contribution in [0.1, 0.15) is 47.0 Å². The summed E-state index contributed by atoms with van der Waals surface area (Å²) >= 11 is 0. The molecule has 0 aromatic rings. The van der Waals surface area contributed by atoms with E-state index in [1.54, 1.807) is 0 Å². The Hall–Kier alpha value is -0.260. The second kappa shape index (κ2) is 4.83. The van der Waals surface area contributed by atoms with E-state index in [0.717, 1.165) is 23.7 Å². The lowest BCUT2D eigenvalue weighted by Crippen LogP contribution is -2.06. The van der Waals surface area contributed by atoms with Crippen LogP contribution in [0.25, 0.3) is 0 Å². The molecule has 76 valence electrons. The molecule has 0 bridgehead atoms. The first-order valence-corrected chi connectivity index (χ1v) is 5.87. The Bertz CT molecular complexity index is 165. The van der Waals surface area contributed by atoms with Crippen molar-refractivity contribution in [2.24, 2.45) is 23.7 Å². The van der Waals surface area contributed by atoms with Crippen LogP contribution in [-0.4, -0.2) is 0 Å². The van der Waals surface area contributed by atoms with Gasteiger partial charge in [-0.05, 0) is 30.1 Å². The van der Waals surface area contributed by atoms with E-state index in [2.05, 4.69) is 39.8 Å². The Balaban J connectivity index is 2.30. The van der Waals surface area contributed by atoms with Crippen molar-refractivity contribution in [1.29, 1.82) is 0 Å². The average molecular weight is 180 g/mol. The summed E-state index contributed by atoms with van der Waals surface area (Å²) in [7, 11) is 0. The van der Waals surface area contributed by atoms with Crippen molar-refractivity contribution in [3.63, 3.8) is 0 Å². The topological polar surface area (TPSA) is 0 Å². The fourth-order valence-corrected chi connectivity index (χ4v) is 2.13. The van der Waals surface area contributed by atoms with Crippen molar-refractivity contribution in [2.75, 3.05) is 0 Å². The van der Waals surface area contributed by atoms with E-state index >= 15 is 0 Å². The molecule has 13 heavy (non-hydrogen) atoms. The van der Waals surface area contributed by atoms with Crippen molar-refractivity contribution >= 4 is 0 Å². The van der Waals surface area contributed by atoms with Crippen LogP contribution in [0.3, 0.4) is 0 Å². The number of allylic oxidation sites excluding steroid dienone is 2. The fourth-order valence-electron chi connectivity index (χ4n) is 2.13. The minimum Gasteiger partial charge on any atom is -0.0851 e. The maximum absolute atomic E-state index is 2.45. The van der Waals surface area contributed by atoms with Crippen LogP contribution in [-0.2, 0) is 0 Å². The summed E-state index contributed by atoms with van der Waals surface area (Å²) in [5.41, 5.74) is 0. The lowest BCUT2D eigenvalue weighted by atomic mass is 9.89. The summed E-state index contributed by atoms with van der Waals surface area (Å²) in [4.78, 5) is 0. The summed E-state index contributed by atoms with van der Waals surface area (Å²) < 4.78 is 0. The zero-order valence-electron chi connectivity index (χ0n) is 9.59. The molecule has 0 radical (unpaired) electrons. The molecule has 3 unspecified atom stereocenters. The maximum Gasteiger partial charge on any atom is -0.0205 e. The second-order valence-electron chi connectivity index (χ2n) is 4.70. The first-order chi connectivity index (χ1) is 6.19. The molecular formula is C13H24. The Labute approximate surface area is 83.4 Å².